The molecule has 2 aliphatic rings. The van der Waals surface area contributed by atoms with Gasteiger partial charge in [0, 0.05) is 35.3 Å². The zero-order valence-corrected chi connectivity index (χ0v) is 13.4. The van der Waals surface area contributed by atoms with Gasteiger partial charge in [-0.1, -0.05) is 20.8 Å². The number of rotatable bonds is 5. The minimum Gasteiger partial charge on any atom is -0.381 e. The predicted octanol–water partition coefficient (Wildman–Crippen LogP) is 2.47. The van der Waals surface area contributed by atoms with Gasteiger partial charge >= 0.3 is 0 Å². The topological polar surface area (TPSA) is 38.3 Å². The first kappa shape index (κ1) is 15.5. The third-order valence-electron chi connectivity index (χ3n) is 4.70. The van der Waals surface area contributed by atoms with E-state index in [1.807, 2.05) is 0 Å². The van der Waals surface area contributed by atoms with E-state index in [2.05, 4.69) is 26.1 Å². The lowest BCUT2D eigenvalue weighted by atomic mass is 9.87. The maximum absolute atomic E-state index is 12.9. The Morgan fingerprint density at radius 2 is 1.95 bits per heavy atom. The monoisotopic (exact) mass is 287 g/mol. The van der Waals surface area contributed by atoms with Crippen LogP contribution < -0.4 is 5.32 Å². The largest absolute Gasteiger partial charge is 0.381 e. The molecule has 4 heteroatoms. The van der Waals surface area contributed by atoms with Gasteiger partial charge in [-0.3, -0.25) is 4.21 Å². The highest BCUT2D eigenvalue weighted by molar-refractivity contribution is 7.86. The molecule has 19 heavy (non-hydrogen) atoms. The zero-order valence-electron chi connectivity index (χ0n) is 12.6. The highest BCUT2D eigenvalue weighted by Crippen LogP contribution is 2.41. The summed E-state index contributed by atoms with van der Waals surface area (Å²) in [5.74, 6) is 0. The van der Waals surface area contributed by atoms with Crippen molar-refractivity contribution in [1.29, 1.82) is 0 Å². The lowest BCUT2D eigenvalue weighted by Crippen LogP contribution is -2.48. The minimum atomic E-state index is -0.704. The van der Waals surface area contributed by atoms with Gasteiger partial charge in [-0.2, -0.15) is 0 Å². The first-order valence-electron chi connectivity index (χ1n) is 7.77. The third kappa shape index (κ3) is 3.59. The molecular formula is C15H29NO2S. The maximum atomic E-state index is 12.9. The third-order valence-corrected chi connectivity index (χ3v) is 6.93. The molecule has 3 atom stereocenters. The fourth-order valence-electron chi connectivity index (χ4n) is 3.45. The number of ether oxygens (including phenoxy) is 1. The second-order valence-electron chi connectivity index (χ2n) is 6.64. The van der Waals surface area contributed by atoms with Crippen LogP contribution in [-0.2, 0) is 15.5 Å². The summed E-state index contributed by atoms with van der Waals surface area (Å²) in [5.41, 5.74) is 0.278. The summed E-state index contributed by atoms with van der Waals surface area (Å²) in [5, 5.41) is 4.36. The van der Waals surface area contributed by atoms with Crippen molar-refractivity contribution >= 4 is 10.8 Å². The van der Waals surface area contributed by atoms with E-state index in [-0.39, 0.29) is 5.41 Å². The standard InChI is InChI=1S/C15H29NO2S/c1-4-9-16-14-13(5-8-15(14,2)3)19(17)12-6-10-18-11-7-12/h12-14,16H,4-11H2,1-3H3. The van der Waals surface area contributed by atoms with E-state index in [1.54, 1.807) is 0 Å². The van der Waals surface area contributed by atoms with Crippen LogP contribution in [0, 0.1) is 5.41 Å². The van der Waals surface area contributed by atoms with E-state index in [0.717, 1.165) is 45.4 Å². The van der Waals surface area contributed by atoms with Crippen LogP contribution in [0.3, 0.4) is 0 Å². The van der Waals surface area contributed by atoms with Gasteiger partial charge in [0.1, 0.15) is 0 Å². The average Bonchev–Trinajstić information content (AvgIpc) is 2.72. The van der Waals surface area contributed by atoms with Crippen molar-refractivity contribution in [3.8, 4) is 0 Å². The number of hydrogen-bond acceptors (Lipinski definition) is 3. The summed E-state index contributed by atoms with van der Waals surface area (Å²) < 4.78 is 18.3. The molecule has 1 saturated carbocycles. The van der Waals surface area contributed by atoms with E-state index in [4.69, 9.17) is 4.74 Å². The van der Waals surface area contributed by atoms with E-state index < -0.39 is 10.8 Å². The summed E-state index contributed by atoms with van der Waals surface area (Å²) in [6.45, 7) is 9.46. The minimum absolute atomic E-state index is 0.278. The molecule has 3 nitrogen and oxygen atoms in total. The van der Waals surface area contributed by atoms with Gasteiger partial charge in [-0.25, -0.2) is 0 Å². The highest BCUT2D eigenvalue weighted by atomic mass is 32.2. The average molecular weight is 287 g/mol. The quantitative estimate of drug-likeness (QED) is 0.844. The highest BCUT2D eigenvalue weighted by Gasteiger charge is 2.45. The maximum Gasteiger partial charge on any atom is 0.0509 e. The van der Waals surface area contributed by atoms with Crippen molar-refractivity contribution in [3.05, 3.63) is 0 Å². The molecule has 1 heterocycles. The van der Waals surface area contributed by atoms with Crippen LogP contribution in [0.25, 0.3) is 0 Å². The molecule has 1 aliphatic heterocycles. The fourth-order valence-corrected chi connectivity index (χ4v) is 5.69. The first-order chi connectivity index (χ1) is 9.06. The van der Waals surface area contributed by atoms with Gasteiger partial charge in [0.2, 0.25) is 0 Å². The molecule has 0 bridgehead atoms. The molecule has 2 fully saturated rings. The van der Waals surface area contributed by atoms with E-state index in [0.29, 0.717) is 16.5 Å². The summed E-state index contributed by atoms with van der Waals surface area (Å²) in [7, 11) is -0.704. The zero-order chi connectivity index (χ0) is 13.9. The van der Waals surface area contributed by atoms with Crippen LogP contribution >= 0.6 is 0 Å². The first-order valence-corrected chi connectivity index (χ1v) is 9.04. The van der Waals surface area contributed by atoms with Gasteiger partial charge in [0.05, 0.1) is 5.25 Å². The summed E-state index contributed by atoms with van der Waals surface area (Å²) in [4.78, 5) is 0. The van der Waals surface area contributed by atoms with Crippen molar-refractivity contribution in [2.24, 2.45) is 5.41 Å². The fraction of sp³-hybridized carbons (Fsp3) is 1.00. The Bertz CT molecular complexity index is 313. The molecule has 3 unspecified atom stereocenters. The van der Waals surface area contributed by atoms with Gasteiger partial charge in [-0.05, 0) is 44.1 Å². The van der Waals surface area contributed by atoms with Crippen LogP contribution in [-0.4, -0.2) is 40.5 Å². The van der Waals surface area contributed by atoms with Crippen molar-refractivity contribution in [1.82, 2.24) is 5.32 Å². The smallest absolute Gasteiger partial charge is 0.0509 e. The second kappa shape index (κ2) is 6.68. The van der Waals surface area contributed by atoms with Crippen LogP contribution in [0.2, 0.25) is 0 Å². The van der Waals surface area contributed by atoms with Crippen molar-refractivity contribution in [2.75, 3.05) is 19.8 Å². The Hall–Kier alpha value is 0.0700. The lowest BCUT2D eigenvalue weighted by molar-refractivity contribution is 0.0990. The van der Waals surface area contributed by atoms with Crippen LogP contribution in [0.15, 0.2) is 0 Å². The normalized spacial score (nSPS) is 33.4. The van der Waals surface area contributed by atoms with Crippen molar-refractivity contribution in [3.63, 3.8) is 0 Å². The van der Waals surface area contributed by atoms with Crippen LogP contribution in [0.1, 0.15) is 52.9 Å². The summed E-state index contributed by atoms with van der Waals surface area (Å²) in [6.07, 6.45) is 5.39. The van der Waals surface area contributed by atoms with Gasteiger partial charge in [0.25, 0.3) is 0 Å². The predicted molar refractivity (Wildman–Crippen MR) is 80.9 cm³/mol. The molecule has 1 aliphatic carbocycles. The van der Waals surface area contributed by atoms with Crippen molar-refractivity contribution in [2.45, 2.75) is 69.4 Å². The van der Waals surface area contributed by atoms with Crippen molar-refractivity contribution < 1.29 is 8.95 Å². The molecule has 0 spiro atoms. The molecule has 0 radical (unpaired) electrons. The molecular weight excluding hydrogens is 258 g/mol. The molecule has 0 aromatic heterocycles. The Balaban J connectivity index is 2.02. The molecule has 1 N–H and O–H groups in total. The van der Waals surface area contributed by atoms with Crippen LogP contribution in [0.5, 0.6) is 0 Å². The van der Waals surface area contributed by atoms with E-state index in [1.165, 1.54) is 6.42 Å². The number of hydrogen-bond donors (Lipinski definition) is 1. The Morgan fingerprint density at radius 3 is 2.58 bits per heavy atom. The lowest BCUT2D eigenvalue weighted by Gasteiger charge is -2.33. The van der Waals surface area contributed by atoms with Gasteiger partial charge in [-0.15, -0.1) is 0 Å². The van der Waals surface area contributed by atoms with E-state index in [9.17, 15) is 4.21 Å². The molecule has 2 rings (SSSR count). The van der Waals surface area contributed by atoms with Crippen LogP contribution in [0.4, 0.5) is 0 Å². The molecule has 112 valence electrons. The number of nitrogens with one attached hydrogen (secondary N) is 1. The van der Waals surface area contributed by atoms with E-state index >= 15 is 0 Å². The Kier molecular flexibility index (Phi) is 5.44. The SMILES string of the molecule is CCCNC1C(S(=O)C2CCOCC2)CCC1(C)C. The van der Waals surface area contributed by atoms with Gasteiger partial charge in [0.15, 0.2) is 0 Å². The molecule has 0 amide bonds. The Morgan fingerprint density at radius 1 is 1.26 bits per heavy atom. The van der Waals surface area contributed by atoms with Gasteiger partial charge < -0.3 is 10.1 Å². The molecule has 0 aromatic carbocycles. The summed E-state index contributed by atoms with van der Waals surface area (Å²) in [6, 6.07) is 0.413. The Labute approximate surface area is 120 Å². The summed E-state index contributed by atoms with van der Waals surface area (Å²) >= 11 is 0. The molecule has 0 aromatic rings. The second-order valence-corrected chi connectivity index (χ2v) is 8.57. The molecule has 1 saturated heterocycles.